The SMILES string of the molecule is CC/C=C\C/C=C\C/C=C\C/C=C\C/C=C\C/C=C\C/C=C\C/C=C\C/C=C\C/C=C\CCCCCCC(=O)OC(COC(=O)CCCCCCCC/C=C\C/C=C\C/C=C\C/C=C\C/C=C\C/C=C\CC)COC(OCC[N+](C)(C)C)C(=O)[O-]. The maximum absolute atomic E-state index is 12.9. The van der Waals surface area contributed by atoms with Crippen LogP contribution in [0.15, 0.2) is 194 Å². The van der Waals surface area contributed by atoms with E-state index in [0.717, 1.165) is 167 Å². The average molecular weight is 1170 g/mol. The maximum Gasteiger partial charge on any atom is 0.306 e. The number of rotatable bonds is 57. The van der Waals surface area contributed by atoms with Crippen molar-refractivity contribution in [2.45, 2.75) is 219 Å². The Morgan fingerprint density at radius 2 is 0.635 bits per heavy atom. The van der Waals surface area contributed by atoms with Crippen LogP contribution in [-0.4, -0.2) is 82.3 Å². The van der Waals surface area contributed by atoms with E-state index >= 15 is 0 Å². The van der Waals surface area contributed by atoms with Crippen LogP contribution in [0.4, 0.5) is 0 Å². The fraction of sp³-hybridized carbons (Fsp3) is 0.539. The summed E-state index contributed by atoms with van der Waals surface area (Å²) >= 11 is 0. The number of carbonyl (C=O) groups is 3. The van der Waals surface area contributed by atoms with Crippen molar-refractivity contribution in [3.05, 3.63) is 194 Å². The number of aliphatic carboxylic acids is 1. The summed E-state index contributed by atoms with van der Waals surface area (Å²) in [6, 6.07) is 0. The van der Waals surface area contributed by atoms with Gasteiger partial charge in [0, 0.05) is 12.8 Å². The van der Waals surface area contributed by atoms with E-state index in [0.29, 0.717) is 23.9 Å². The van der Waals surface area contributed by atoms with Crippen LogP contribution in [-0.2, 0) is 33.3 Å². The number of likely N-dealkylation sites (N-methyl/N-ethyl adjacent to an activating group) is 1. The number of nitrogens with zero attached hydrogens (tertiary/aromatic N) is 1. The Kier molecular flexibility index (Phi) is 59.7. The molecule has 0 amide bonds. The lowest BCUT2D eigenvalue weighted by molar-refractivity contribution is -0.870. The summed E-state index contributed by atoms with van der Waals surface area (Å²) in [5, 5.41) is 11.8. The summed E-state index contributed by atoms with van der Waals surface area (Å²) in [5.74, 6) is -2.37. The van der Waals surface area contributed by atoms with Gasteiger partial charge in [0.15, 0.2) is 12.4 Å². The largest absolute Gasteiger partial charge is 0.545 e. The Morgan fingerprint density at radius 1 is 0.353 bits per heavy atom. The van der Waals surface area contributed by atoms with Crippen molar-refractivity contribution in [3.8, 4) is 0 Å². The van der Waals surface area contributed by atoms with Gasteiger partial charge < -0.3 is 33.3 Å². The van der Waals surface area contributed by atoms with Crippen molar-refractivity contribution in [3.63, 3.8) is 0 Å². The second-order valence-corrected chi connectivity index (χ2v) is 21.9. The highest BCUT2D eigenvalue weighted by Crippen LogP contribution is 2.13. The van der Waals surface area contributed by atoms with Gasteiger partial charge >= 0.3 is 11.9 Å². The van der Waals surface area contributed by atoms with E-state index in [1.807, 2.05) is 21.1 Å². The van der Waals surface area contributed by atoms with E-state index in [1.165, 1.54) is 0 Å². The van der Waals surface area contributed by atoms with Crippen molar-refractivity contribution < 1.29 is 42.9 Å². The van der Waals surface area contributed by atoms with Crippen LogP contribution in [0.5, 0.6) is 0 Å². The first-order valence-electron chi connectivity index (χ1n) is 32.6. The molecule has 0 spiro atoms. The number of esters is 2. The van der Waals surface area contributed by atoms with Gasteiger partial charge in [-0.15, -0.1) is 0 Å². The quantitative estimate of drug-likeness (QED) is 0.0195. The first-order valence-corrected chi connectivity index (χ1v) is 32.6. The van der Waals surface area contributed by atoms with Crippen LogP contribution in [0.3, 0.4) is 0 Å². The molecule has 0 N–H and O–H groups in total. The van der Waals surface area contributed by atoms with E-state index in [1.54, 1.807) is 0 Å². The molecule has 2 atom stereocenters. The summed E-state index contributed by atoms with van der Waals surface area (Å²) in [7, 11) is 5.89. The Morgan fingerprint density at radius 3 is 0.941 bits per heavy atom. The maximum atomic E-state index is 12.9. The zero-order valence-electron chi connectivity index (χ0n) is 53.9. The minimum absolute atomic E-state index is 0.127. The van der Waals surface area contributed by atoms with E-state index in [4.69, 9.17) is 18.9 Å². The number of ether oxygens (including phenoxy) is 4. The molecule has 85 heavy (non-hydrogen) atoms. The number of quaternary nitrogens is 1. The molecule has 0 aliphatic carbocycles. The van der Waals surface area contributed by atoms with Gasteiger partial charge in [-0.25, -0.2) is 0 Å². The molecule has 0 saturated carbocycles. The Hall–Kier alpha value is -5.87. The smallest absolute Gasteiger partial charge is 0.306 e. The number of carbonyl (C=O) groups excluding carboxylic acids is 3. The molecule has 474 valence electrons. The molecule has 0 saturated heterocycles. The van der Waals surface area contributed by atoms with E-state index in [2.05, 4.69) is 208 Å². The zero-order chi connectivity index (χ0) is 61.9. The van der Waals surface area contributed by atoms with Gasteiger partial charge in [0.05, 0.1) is 40.3 Å². The molecule has 0 fully saturated rings. The highest BCUT2D eigenvalue weighted by molar-refractivity contribution is 5.70. The van der Waals surface area contributed by atoms with Crippen LogP contribution in [0, 0.1) is 0 Å². The molecular formula is C76H117NO8. The van der Waals surface area contributed by atoms with E-state index in [9.17, 15) is 19.5 Å². The van der Waals surface area contributed by atoms with Crippen molar-refractivity contribution >= 4 is 17.9 Å². The normalized spacial score (nSPS) is 14.0. The predicted molar refractivity (Wildman–Crippen MR) is 361 cm³/mol. The number of unbranched alkanes of at least 4 members (excludes halogenated alkanes) is 10. The van der Waals surface area contributed by atoms with E-state index < -0.39 is 24.3 Å². The second kappa shape index (κ2) is 64.1. The molecule has 0 bridgehead atoms. The number of hydrogen-bond acceptors (Lipinski definition) is 8. The lowest BCUT2D eigenvalue weighted by atomic mass is 10.1. The standard InChI is InChI=1S/C76H117NO8/c1-6-8-10-12-14-16-18-20-22-24-26-28-30-32-33-34-35-36-37-38-39-40-41-43-45-47-49-51-53-55-57-59-61-63-65-67-74(79)85-72(71-84-76(75(80)81)82-69-68-77(3,4)5)70-83-73(78)66-64-62-60-58-56-54-52-50-48-46-44-42-31-29-27-25-23-21-19-17-15-13-11-9-7-2/h8-11,14-17,20-23,26-29,32-33,35-36,38-39,41-44,47-50,53,55,72,76H,6-7,12-13,18-19,24-25,30-31,34,37,40,45-46,51-52,54,56-71H2,1-5H3/b10-8-,11-9-,16-14-,17-15-,22-20-,23-21-,28-26-,29-27-,33-32-,36-35-,39-38-,43-41-,44-42-,49-47-,50-48-,55-53-. The van der Waals surface area contributed by atoms with Crippen LogP contribution in [0.1, 0.15) is 206 Å². The third-order valence-corrected chi connectivity index (χ3v) is 12.8. The molecule has 0 rings (SSSR count). The molecule has 0 radical (unpaired) electrons. The molecule has 0 aliphatic heterocycles. The highest BCUT2D eigenvalue weighted by atomic mass is 16.7. The predicted octanol–water partition coefficient (Wildman–Crippen LogP) is 18.9. The van der Waals surface area contributed by atoms with Crippen LogP contribution in [0.25, 0.3) is 0 Å². The first-order chi connectivity index (χ1) is 41.6. The fourth-order valence-corrected chi connectivity index (χ4v) is 7.92. The number of hydrogen-bond donors (Lipinski definition) is 0. The average Bonchev–Trinajstić information content (AvgIpc) is 3.48. The monoisotopic (exact) mass is 1170 g/mol. The lowest BCUT2D eigenvalue weighted by Crippen LogP contribution is -2.44. The molecule has 9 nitrogen and oxygen atoms in total. The molecular weight excluding hydrogens is 1050 g/mol. The first kappa shape index (κ1) is 79.1. The Labute approximate surface area is 519 Å². The molecule has 0 aromatic rings. The Balaban J connectivity index is 4.34. The van der Waals surface area contributed by atoms with Gasteiger partial charge in [-0.2, -0.15) is 0 Å². The zero-order valence-corrected chi connectivity index (χ0v) is 53.9. The minimum atomic E-state index is -1.65. The molecule has 0 aromatic heterocycles. The summed E-state index contributed by atoms with van der Waals surface area (Å²) in [6.45, 7) is 4.44. The summed E-state index contributed by atoms with van der Waals surface area (Å²) in [4.78, 5) is 37.4. The minimum Gasteiger partial charge on any atom is -0.545 e. The van der Waals surface area contributed by atoms with Gasteiger partial charge in [-0.3, -0.25) is 9.59 Å². The van der Waals surface area contributed by atoms with Crippen molar-refractivity contribution in [2.75, 3.05) is 47.5 Å². The molecule has 0 aliphatic rings. The topological polar surface area (TPSA) is 111 Å². The van der Waals surface area contributed by atoms with Gasteiger partial charge in [0.1, 0.15) is 13.2 Å². The summed E-state index contributed by atoms with van der Waals surface area (Å²) in [6.07, 6.45) is 96.3. The lowest BCUT2D eigenvalue weighted by Gasteiger charge is -2.26. The van der Waals surface area contributed by atoms with Gasteiger partial charge in [-0.05, 0) is 141 Å². The molecule has 0 heterocycles. The van der Waals surface area contributed by atoms with Crippen molar-refractivity contribution in [1.82, 2.24) is 0 Å². The van der Waals surface area contributed by atoms with Crippen molar-refractivity contribution in [2.24, 2.45) is 0 Å². The number of carboxylic acids is 1. The fourth-order valence-electron chi connectivity index (χ4n) is 7.92. The van der Waals surface area contributed by atoms with Gasteiger partial charge in [-0.1, -0.05) is 247 Å². The highest BCUT2D eigenvalue weighted by Gasteiger charge is 2.22. The van der Waals surface area contributed by atoms with Gasteiger partial charge in [0.2, 0.25) is 0 Å². The van der Waals surface area contributed by atoms with Crippen molar-refractivity contribution in [1.29, 1.82) is 0 Å². The number of carboxylic acid groups (broad SMARTS) is 1. The second-order valence-electron chi connectivity index (χ2n) is 21.9. The van der Waals surface area contributed by atoms with Gasteiger partial charge in [0.25, 0.3) is 0 Å². The molecule has 9 heteroatoms. The van der Waals surface area contributed by atoms with Crippen LogP contribution >= 0.6 is 0 Å². The molecule has 0 aromatic carbocycles. The third-order valence-electron chi connectivity index (χ3n) is 12.8. The van der Waals surface area contributed by atoms with Crippen LogP contribution < -0.4 is 5.11 Å². The summed E-state index contributed by atoms with van der Waals surface area (Å²) < 4.78 is 22.7. The molecule has 2 unspecified atom stereocenters. The third kappa shape index (κ3) is 65.5. The summed E-state index contributed by atoms with van der Waals surface area (Å²) in [5.41, 5.74) is 0. The number of allylic oxidation sites excluding steroid dienone is 32. The van der Waals surface area contributed by atoms with E-state index in [-0.39, 0.29) is 38.6 Å². The Bertz CT molecular complexity index is 2090. The van der Waals surface area contributed by atoms with Crippen LogP contribution in [0.2, 0.25) is 0 Å².